The van der Waals surface area contributed by atoms with Crippen LogP contribution >= 0.6 is 0 Å². The third-order valence-corrected chi connectivity index (χ3v) is 3.32. The van der Waals surface area contributed by atoms with Gasteiger partial charge in [-0.15, -0.1) is 0 Å². The van der Waals surface area contributed by atoms with Crippen LogP contribution in [-0.2, 0) is 0 Å². The molecule has 0 saturated carbocycles. The topological polar surface area (TPSA) is 49.9 Å². The number of ketones is 1. The highest BCUT2D eigenvalue weighted by molar-refractivity contribution is 6.10. The molecule has 3 rings (SSSR count). The fraction of sp³-hybridized carbons (Fsp3) is 0.0588. The Hall–Kier alpha value is -2.68. The molecule has 3 heteroatoms. The standard InChI is InChI=1S/C17H13NO2/c1-11-7-8-15-13(9-11)17(20)14(10-18-15)16(19)12-5-3-2-4-6-12/h2-10H,1H3,(H,18,20). The van der Waals surface area contributed by atoms with Crippen molar-refractivity contribution in [1.82, 2.24) is 4.98 Å². The molecular weight excluding hydrogens is 250 g/mol. The average Bonchev–Trinajstić information content (AvgIpc) is 2.48. The molecule has 0 radical (unpaired) electrons. The number of aromatic amines is 1. The van der Waals surface area contributed by atoms with Gasteiger partial charge in [0, 0.05) is 22.7 Å². The van der Waals surface area contributed by atoms with Crippen molar-refractivity contribution in [1.29, 1.82) is 0 Å². The Morgan fingerprint density at radius 2 is 1.80 bits per heavy atom. The first kappa shape index (κ1) is 12.4. The van der Waals surface area contributed by atoms with E-state index in [0.29, 0.717) is 10.9 Å². The van der Waals surface area contributed by atoms with Gasteiger partial charge in [0.05, 0.1) is 5.56 Å². The molecule has 1 N–H and O–H groups in total. The van der Waals surface area contributed by atoms with E-state index in [1.165, 1.54) is 6.20 Å². The molecule has 1 heterocycles. The highest BCUT2D eigenvalue weighted by atomic mass is 16.1. The third-order valence-electron chi connectivity index (χ3n) is 3.32. The van der Waals surface area contributed by atoms with Crippen molar-refractivity contribution in [2.45, 2.75) is 6.92 Å². The molecule has 3 nitrogen and oxygen atoms in total. The second kappa shape index (κ2) is 4.78. The SMILES string of the molecule is Cc1ccc2[nH]cc(C(=O)c3ccccc3)c(=O)c2c1. The number of rotatable bonds is 2. The quantitative estimate of drug-likeness (QED) is 0.722. The maximum atomic E-state index is 12.5. The first-order valence-electron chi connectivity index (χ1n) is 6.38. The van der Waals surface area contributed by atoms with Crippen molar-refractivity contribution in [3.05, 3.63) is 81.6 Å². The minimum Gasteiger partial charge on any atom is -0.360 e. The summed E-state index contributed by atoms with van der Waals surface area (Å²) in [6.45, 7) is 1.92. The van der Waals surface area contributed by atoms with Gasteiger partial charge >= 0.3 is 0 Å². The first-order chi connectivity index (χ1) is 9.66. The number of hydrogen-bond acceptors (Lipinski definition) is 2. The van der Waals surface area contributed by atoms with Crippen LogP contribution in [0.15, 0.2) is 59.5 Å². The zero-order chi connectivity index (χ0) is 14.1. The van der Waals surface area contributed by atoms with E-state index in [-0.39, 0.29) is 16.8 Å². The molecular formula is C17H13NO2. The molecule has 1 aromatic heterocycles. The molecule has 0 amide bonds. The molecule has 0 aliphatic carbocycles. The smallest absolute Gasteiger partial charge is 0.200 e. The van der Waals surface area contributed by atoms with E-state index in [2.05, 4.69) is 4.98 Å². The van der Waals surface area contributed by atoms with Crippen molar-refractivity contribution in [2.24, 2.45) is 0 Å². The number of aromatic nitrogens is 1. The minimum atomic E-state index is -0.254. The highest BCUT2D eigenvalue weighted by Crippen LogP contribution is 2.12. The van der Waals surface area contributed by atoms with Crippen LogP contribution in [0.3, 0.4) is 0 Å². The molecule has 98 valence electrons. The Morgan fingerprint density at radius 1 is 1.05 bits per heavy atom. The van der Waals surface area contributed by atoms with Crippen LogP contribution in [-0.4, -0.2) is 10.8 Å². The van der Waals surface area contributed by atoms with Gasteiger partial charge in [0.1, 0.15) is 0 Å². The van der Waals surface area contributed by atoms with E-state index in [1.54, 1.807) is 30.3 Å². The molecule has 0 saturated heterocycles. The van der Waals surface area contributed by atoms with Crippen LogP contribution < -0.4 is 5.43 Å². The van der Waals surface area contributed by atoms with E-state index in [9.17, 15) is 9.59 Å². The van der Waals surface area contributed by atoms with Crippen LogP contribution in [0.5, 0.6) is 0 Å². The lowest BCUT2D eigenvalue weighted by atomic mass is 10.0. The number of carbonyl (C=O) groups excluding carboxylic acids is 1. The molecule has 0 aliphatic rings. The van der Waals surface area contributed by atoms with Crippen molar-refractivity contribution in [3.63, 3.8) is 0 Å². The van der Waals surface area contributed by atoms with Crippen LogP contribution in [0, 0.1) is 6.92 Å². The first-order valence-corrected chi connectivity index (χ1v) is 6.38. The predicted octanol–water partition coefficient (Wildman–Crippen LogP) is 3.07. The van der Waals surface area contributed by atoms with Gasteiger partial charge in [-0.25, -0.2) is 0 Å². The summed E-state index contributed by atoms with van der Waals surface area (Å²) in [5.74, 6) is -0.254. The van der Waals surface area contributed by atoms with Gasteiger partial charge < -0.3 is 4.98 Å². The summed E-state index contributed by atoms with van der Waals surface area (Å²) in [6.07, 6.45) is 1.50. The van der Waals surface area contributed by atoms with Crippen molar-refractivity contribution >= 4 is 16.7 Å². The lowest BCUT2D eigenvalue weighted by molar-refractivity contribution is 0.103. The lowest BCUT2D eigenvalue weighted by Crippen LogP contribution is -2.16. The number of pyridine rings is 1. The third kappa shape index (κ3) is 2.03. The predicted molar refractivity (Wildman–Crippen MR) is 79.2 cm³/mol. The zero-order valence-corrected chi connectivity index (χ0v) is 11.0. The van der Waals surface area contributed by atoms with E-state index < -0.39 is 0 Å². The average molecular weight is 263 g/mol. The van der Waals surface area contributed by atoms with Gasteiger partial charge in [-0.3, -0.25) is 9.59 Å². The summed E-state index contributed by atoms with van der Waals surface area (Å²) < 4.78 is 0. The van der Waals surface area contributed by atoms with E-state index >= 15 is 0 Å². The number of nitrogens with one attached hydrogen (secondary N) is 1. The Labute approximate surface area is 115 Å². The van der Waals surface area contributed by atoms with E-state index in [0.717, 1.165) is 11.1 Å². The van der Waals surface area contributed by atoms with Crippen LogP contribution in [0.25, 0.3) is 10.9 Å². The van der Waals surface area contributed by atoms with Crippen molar-refractivity contribution < 1.29 is 4.79 Å². The summed E-state index contributed by atoms with van der Waals surface area (Å²) in [7, 11) is 0. The second-order valence-corrected chi connectivity index (χ2v) is 4.78. The number of carbonyl (C=O) groups is 1. The van der Waals surface area contributed by atoms with Crippen LogP contribution in [0.1, 0.15) is 21.5 Å². The summed E-state index contributed by atoms with van der Waals surface area (Å²) in [5, 5.41) is 0.548. The Bertz CT molecular complexity index is 848. The molecule has 20 heavy (non-hydrogen) atoms. The van der Waals surface area contributed by atoms with Gasteiger partial charge in [0.2, 0.25) is 5.43 Å². The molecule has 0 spiro atoms. The second-order valence-electron chi connectivity index (χ2n) is 4.78. The molecule has 2 aromatic carbocycles. The van der Waals surface area contributed by atoms with Gasteiger partial charge in [-0.1, -0.05) is 42.0 Å². The fourth-order valence-corrected chi connectivity index (χ4v) is 2.25. The number of benzene rings is 2. The van der Waals surface area contributed by atoms with Gasteiger partial charge in [0.15, 0.2) is 5.78 Å². The largest absolute Gasteiger partial charge is 0.360 e. The number of aryl methyl sites for hydroxylation is 1. The lowest BCUT2D eigenvalue weighted by Gasteiger charge is -2.04. The van der Waals surface area contributed by atoms with Gasteiger partial charge in [-0.05, 0) is 19.1 Å². The number of H-pyrrole nitrogens is 1. The molecule has 0 unspecified atom stereocenters. The van der Waals surface area contributed by atoms with E-state index in [1.807, 2.05) is 25.1 Å². The normalized spacial score (nSPS) is 10.7. The van der Waals surface area contributed by atoms with Crippen LogP contribution in [0.2, 0.25) is 0 Å². The summed E-state index contributed by atoms with van der Waals surface area (Å²) in [4.78, 5) is 27.8. The summed E-state index contributed by atoms with van der Waals surface area (Å²) in [5.41, 5.74) is 2.20. The minimum absolute atomic E-state index is 0.175. The zero-order valence-electron chi connectivity index (χ0n) is 11.0. The summed E-state index contributed by atoms with van der Waals surface area (Å²) in [6, 6.07) is 14.4. The van der Waals surface area contributed by atoms with Crippen molar-refractivity contribution in [2.75, 3.05) is 0 Å². The number of hydrogen-bond donors (Lipinski definition) is 1. The molecule has 0 bridgehead atoms. The van der Waals surface area contributed by atoms with Gasteiger partial charge in [-0.2, -0.15) is 0 Å². The maximum absolute atomic E-state index is 12.5. The Balaban J connectivity index is 2.20. The van der Waals surface area contributed by atoms with Gasteiger partial charge in [0.25, 0.3) is 0 Å². The van der Waals surface area contributed by atoms with Crippen molar-refractivity contribution in [3.8, 4) is 0 Å². The highest BCUT2D eigenvalue weighted by Gasteiger charge is 2.14. The van der Waals surface area contributed by atoms with Crippen LogP contribution in [0.4, 0.5) is 0 Å². The number of fused-ring (bicyclic) bond motifs is 1. The van der Waals surface area contributed by atoms with E-state index in [4.69, 9.17) is 0 Å². The summed E-state index contributed by atoms with van der Waals surface area (Å²) >= 11 is 0. The molecule has 0 aliphatic heterocycles. The Morgan fingerprint density at radius 3 is 2.55 bits per heavy atom. The monoisotopic (exact) mass is 263 g/mol. The fourth-order valence-electron chi connectivity index (χ4n) is 2.25. The maximum Gasteiger partial charge on any atom is 0.200 e. The Kier molecular flexibility index (Phi) is 2.95. The molecule has 3 aromatic rings. The molecule has 0 fully saturated rings. The molecule has 0 atom stereocenters.